The number of aryl methyl sites for hydroxylation is 1. The van der Waals surface area contributed by atoms with Gasteiger partial charge in [0.25, 0.3) is 6.01 Å². The van der Waals surface area contributed by atoms with Crippen molar-refractivity contribution in [3.63, 3.8) is 0 Å². The fourth-order valence-corrected chi connectivity index (χ4v) is 4.71. The highest BCUT2D eigenvalue weighted by molar-refractivity contribution is 6.32. The molecule has 0 amide bonds. The zero-order valence-electron chi connectivity index (χ0n) is 16.3. The topological polar surface area (TPSA) is 98.7 Å². The Morgan fingerprint density at radius 3 is 2.90 bits per heavy atom. The number of aromatic amines is 1. The van der Waals surface area contributed by atoms with Gasteiger partial charge in [0.05, 0.1) is 18.7 Å². The van der Waals surface area contributed by atoms with Crippen LogP contribution in [0.4, 0.5) is 4.39 Å². The van der Waals surface area contributed by atoms with Crippen LogP contribution in [0, 0.1) is 5.82 Å². The Bertz CT molecular complexity index is 1160. The molecule has 5 atom stereocenters. The Balaban J connectivity index is 1.22. The van der Waals surface area contributed by atoms with Crippen molar-refractivity contribution in [1.82, 2.24) is 15.0 Å². The molecule has 0 spiro atoms. The van der Waals surface area contributed by atoms with Crippen molar-refractivity contribution in [2.45, 2.75) is 43.4 Å². The van der Waals surface area contributed by atoms with Crippen molar-refractivity contribution in [2.75, 3.05) is 13.2 Å². The lowest BCUT2D eigenvalue weighted by Gasteiger charge is -2.15. The maximum Gasteiger partial charge on any atom is 0.296 e. The zero-order valence-corrected chi connectivity index (χ0v) is 17.0. The minimum absolute atomic E-state index is 0.226. The third-order valence-electron chi connectivity index (χ3n) is 6.00. The van der Waals surface area contributed by atoms with E-state index in [0.29, 0.717) is 22.8 Å². The molecular formula is C21H19ClFN3O5. The van der Waals surface area contributed by atoms with E-state index < -0.39 is 6.10 Å². The molecule has 2 fully saturated rings. The van der Waals surface area contributed by atoms with Crippen LogP contribution in [-0.2, 0) is 15.9 Å². The first-order valence-electron chi connectivity index (χ1n) is 10.1. The van der Waals surface area contributed by atoms with E-state index in [4.69, 9.17) is 30.5 Å². The minimum atomic E-state index is -0.647. The van der Waals surface area contributed by atoms with Crippen molar-refractivity contribution in [1.29, 1.82) is 0 Å². The van der Waals surface area contributed by atoms with Crippen molar-refractivity contribution < 1.29 is 28.4 Å². The van der Waals surface area contributed by atoms with E-state index >= 15 is 0 Å². The average Bonchev–Trinajstić information content (AvgIpc) is 3.49. The van der Waals surface area contributed by atoms with Gasteiger partial charge < -0.3 is 29.0 Å². The molecule has 2 saturated heterocycles. The molecule has 6 rings (SSSR count). The molecule has 1 aliphatic carbocycles. The van der Waals surface area contributed by atoms with Crippen LogP contribution >= 0.6 is 11.6 Å². The van der Waals surface area contributed by atoms with Crippen molar-refractivity contribution in [2.24, 2.45) is 0 Å². The van der Waals surface area contributed by atoms with Crippen molar-refractivity contribution >= 4 is 22.8 Å². The molecule has 2 unspecified atom stereocenters. The van der Waals surface area contributed by atoms with E-state index in [9.17, 15) is 9.50 Å². The number of ether oxygens (including phenoxy) is 4. The van der Waals surface area contributed by atoms with Crippen LogP contribution in [0.3, 0.4) is 0 Å². The Kier molecular flexibility index (Phi) is 4.53. The smallest absolute Gasteiger partial charge is 0.296 e. The largest absolute Gasteiger partial charge is 0.468 e. The quantitative estimate of drug-likeness (QED) is 0.634. The molecule has 8 nitrogen and oxygen atoms in total. The molecule has 2 N–H and O–H groups in total. The van der Waals surface area contributed by atoms with Gasteiger partial charge in [0.15, 0.2) is 11.8 Å². The highest BCUT2D eigenvalue weighted by atomic mass is 35.5. The number of benzene rings is 1. The number of nitrogens with one attached hydrogen (secondary N) is 1. The number of aliphatic hydroxyl groups excluding tert-OH is 1. The molecule has 162 valence electrons. The molecule has 0 radical (unpaired) electrons. The van der Waals surface area contributed by atoms with Gasteiger partial charge in [-0.3, -0.25) is 0 Å². The summed E-state index contributed by atoms with van der Waals surface area (Å²) in [5.74, 6) is 0.0124. The SMILES string of the molecule is O[C@@H]1COC2[C@H](Oc3nc4nc(OC5CCc6cc(F)ccc65)c(Cl)cc4[nH]3)CO[C@@H]21. The van der Waals surface area contributed by atoms with Crippen molar-refractivity contribution in [3.05, 3.63) is 46.2 Å². The molecular weight excluding hydrogens is 429 g/mol. The fraction of sp³-hybridized carbons (Fsp3) is 0.429. The summed E-state index contributed by atoms with van der Waals surface area (Å²) < 4.78 is 36.6. The first-order valence-corrected chi connectivity index (χ1v) is 10.5. The standard InChI is InChI=1S/C21H19ClFN3O5/c22-12-6-13-19(25-20(12)30-15-4-1-9-5-10(23)2-3-11(9)15)26-21(24-13)31-16-8-29-17-14(27)7-28-18(16)17/h2-3,5-6,14-18,27H,1,4,7-8H2,(H,24,25,26)/t14-,15?,16-,17-,18?/m1/s1. The summed E-state index contributed by atoms with van der Waals surface area (Å²) in [6.07, 6.45) is -0.543. The lowest BCUT2D eigenvalue weighted by atomic mass is 10.1. The minimum Gasteiger partial charge on any atom is -0.468 e. The Morgan fingerprint density at radius 1 is 1.13 bits per heavy atom. The molecule has 1 aromatic carbocycles. The third-order valence-corrected chi connectivity index (χ3v) is 6.27. The summed E-state index contributed by atoms with van der Waals surface area (Å²) in [6.45, 7) is 0.526. The predicted octanol–water partition coefficient (Wildman–Crippen LogP) is 2.72. The summed E-state index contributed by atoms with van der Waals surface area (Å²) >= 11 is 6.40. The van der Waals surface area contributed by atoms with Crippen molar-refractivity contribution in [3.8, 4) is 11.9 Å². The van der Waals surface area contributed by atoms with Gasteiger partial charge in [-0.05, 0) is 42.2 Å². The number of pyridine rings is 1. The van der Waals surface area contributed by atoms with E-state index in [1.807, 2.05) is 0 Å². The van der Waals surface area contributed by atoms with E-state index in [1.165, 1.54) is 6.07 Å². The van der Waals surface area contributed by atoms with Crippen LogP contribution in [-0.4, -0.2) is 57.7 Å². The molecule has 2 aromatic heterocycles. The molecule has 3 aliphatic rings. The van der Waals surface area contributed by atoms with Gasteiger partial charge >= 0.3 is 0 Å². The molecule has 0 saturated carbocycles. The van der Waals surface area contributed by atoms with Crippen LogP contribution in [0.1, 0.15) is 23.7 Å². The molecule has 4 heterocycles. The highest BCUT2D eigenvalue weighted by Gasteiger charge is 2.48. The molecule has 31 heavy (non-hydrogen) atoms. The number of halogens is 2. The summed E-state index contributed by atoms with van der Waals surface area (Å²) in [5, 5.41) is 10.2. The second kappa shape index (κ2) is 7.30. The highest BCUT2D eigenvalue weighted by Crippen LogP contribution is 2.38. The van der Waals surface area contributed by atoms with E-state index in [1.54, 1.807) is 18.2 Å². The van der Waals surface area contributed by atoms with Crippen LogP contribution in [0.15, 0.2) is 24.3 Å². The van der Waals surface area contributed by atoms with Gasteiger partial charge in [0.2, 0.25) is 5.88 Å². The number of nitrogens with zero attached hydrogens (tertiary/aromatic N) is 2. The molecule has 0 bridgehead atoms. The van der Waals surface area contributed by atoms with Gasteiger partial charge in [0.1, 0.15) is 35.3 Å². The van der Waals surface area contributed by atoms with Gasteiger partial charge in [0, 0.05) is 0 Å². The number of H-pyrrole nitrogens is 1. The van der Waals surface area contributed by atoms with E-state index in [-0.39, 0.29) is 48.7 Å². The van der Waals surface area contributed by atoms with Gasteiger partial charge in [-0.25, -0.2) is 4.39 Å². The van der Waals surface area contributed by atoms with E-state index in [2.05, 4.69) is 15.0 Å². The van der Waals surface area contributed by atoms with Crippen LogP contribution in [0.2, 0.25) is 5.02 Å². The summed E-state index contributed by atoms with van der Waals surface area (Å²) in [6, 6.07) is 6.66. The number of aliphatic hydroxyl groups is 1. The average molecular weight is 448 g/mol. The molecule has 3 aromatic rings. The number of hydrogen-bond acceptors (Lipinski definition) is 7. The first kappa shape index (κ1) is 19.2. The van der Waals surface area contributed by atoms with Crippen LogP contribution < -0.4 is 9.47 Å². The number of hydrogen-bond donors (Lipinski definition) is 2. The van der Waals surface area contributed by atoms with Gasteiger partial charge in [-0.15, -0.1) is 0 Å². The number of rotatable bonds is 4. The molecule has 10 heteroatoms. The van der Waals surface area contributed by atoms with Crippen LogP contribution in [0.25, 0.3) is 11.2 Å². The normalized spacial score (nSPS) is 29.3. The summed E-state index contributed by atoms with van der Waals surface area (Å²) in [7, 11) is 0. The molecule has 2 aliphatic heterocycles. The Labute approximate surface area is 181 Å². The number of fused-ring (bicyclic) bond motifs is 3. The maximum atomic E-state index is 13.5. The monoisotopic (exact) mass is 447 g/mol. The predicted molar refractivity (Wildman–Crippen MR) is 107 cm³/mol. The second-order valence-electron chi connectivity index (χ2n) is 8.00. The Hall–Kier alpha value is -2.46. The summed E-state index contributed by atoms with van der Waals surface area (Å²) in [5.41, 5.74) is 2.88. The van der Waals surface area contributed by atoms with E-state index in [0.717, 1.165) is 24.0 Å². The third kappa shape index (κ3) is 3.32. The number of aromatic nitrogens is 3. The fourth-order valence-electron chi connectivity index (χ4n) is 4.51. The lowest BCUT2D eigenvalue weighted by Crippen LogP contribution is -2.34. The first-order chi connectivity index (χ1) is 15.0. The maximum absolute atomic E-state index is 13.5. The Morgan fingerprint density at radius 2 is 2.00 bits per heavy atom. The summed E-state index contributed by atoms with van der Waals surface area (Å²) in [4.78, 5) is 11.9. The van der Waals surface area contributed by atoms with Crippen LogP contribution in [0.5, 0.6) is 11.9 Å². The van der Waals surface area contributed by atoms with Gasteiger partial charge in [-0.2, -0.15) is 9.97 Å². The number of imidazole rings is 1. The zero-order chi connectivity index (χ0) is 21.1. The van der Waals surface area contributed by atoms with Gasteiger partial charge in [-0.1, -0.05) is 17.7 Å². The lowest BCUT2D eigenvalue weighted by molar-refractivity contribution is 0.00706. The second-order valence-corrected chi connectivity index (χ2v) is 8.40.